The highest BCUT2D eigenvalue weighted by Gasteiger charge is 2.30. The van der Waals surface area contributed by atoms with E-state index in [0.717, 1.165) is 43.8 Å². The van der Waals surface area contributed by atoms with Crippen LogP contribution in [0.1, 0.15) is 31.4 Å². The largest absolute Gasteiger partial charge is 0.416 e. The van der Waals surface area contributed by atoms with Crippen molar-refractivity contribution in [3.63, 3.8) is 0 Å². The van der Waals surface area contributed by atoms with Crippen LogP contribution >= 0.6 is 12.2 Å². The second-order valence-corrected chi connectivity index (χ2v) is 6.61. The van der Waals surface area contributed by atoms with E-state index in [9.17, 15) is 13.2 Å². The van der Waals surface area contributed by atoms with Crippen LogP contribution in [0.2, 0.25) is 0 Å². The van der Waals surface area contributed by atoms with Crippen molar-refractivity contribution in [3.8, 4) is 0 Å². The molecule has 0 amide bonds. The molecule has 2 rings (SSSR count). The van der Waals surface area contributed by atoms with Gasteiger partial charge in [0, 0.05) is 38.8 Å². The van der Waals surface area contributed by atoms with Gasteiger partial charge in [0.2, 0.25) is 0 Å². The summed E-state index contributed by atoms with van der Waals surface area (Å²) in [6.07, 6.45) is -3.28. The van der Waals surface area contributed by atoms with E-state index >= 15 is 0 Å². The summed E-state index contributed by atoms with van der Waals surface area (Å²) in [6, 6.07) is 5.92. The predicted molar refractivity (Wildman–Crippen MR) is 93.8 cm³/mol. The van der Waals surface area contributed by atoms with Gasteiger partial charge in [-0.15, -0.1) is 0 Å². The minimum Gasteiger partial charge on any atom is -0.360 e. The first-order valence-electron chi connectivity index (χ1n) is 8.23. The number of piperazine rings is 1. The van der Waals surface area contributed by atoms with Gasteiger partial charge in [0.1, 0.15) is 0 Å². The van der Waals surface area contributed by atoms with E-state index < -0.39 is 11.7 Å². The zero-order valence-electron chi connectivity index (χ0n) is 14.1. The number of hydrogen-bond acceptors (Lipinski definition) is 2. The Morgan fingerprint density at radius 1 is 1.25 bits per heavy atom. The minimum absolute atomic E-state index is 0.348. The first-order valence-corrected chi connectivity index (χ1v) is 8.64. The van der Waals surface area contributed by atoms with Crippen molar-refractivity contribution in [2.45, 2.75) is 39.0 Å². The molecule has 1 N–H and O–H groups in total. The molecule has 24 heavy (non-hydrogen) atoms. The van der Waals surface area contributed by atoms with Crippen LogP contribution < -0.4 is 5.32 Å². The van der Waals surface area contributed by atoms with Crippen molar-refractivity contribution in [3.05, 3.63) is 35.4 Å². The summed E-state index contributed by atoms with van der Waals surface area (Å²) in [5.74, 6) is 0. The Morgan fingerprint density at radius 2 is 1.92 bits per heavy atom. The molecule has 1 saturated heterocycles. The number of thiocarbonyl (C=S) groups is 1. The fourth-order valence-electron chi connectivity index (χ4n) is 2.62. The molecular formula is C17H24F3N3S. The molecule has 0 aromatic heterocycles. The molecule has 0 bridgehead atoms. The van der Waals surface area contributed by atoms with E-state index in [2.05, 4.69) is 29.0 Å². The zero-order chi connectivity index (χ0) is 17.7. The van der Waals surface area contributed by atoms with E-state index in [1.807, 2.05) is 0 Å². The van der Waals surface area contributed by atoms with Crippen molar-refractivity contribution in [1.29, 1.82) is 0 Å². The van der Waals surface area contributed by atoms with Crippen molar-refractivity contribution in [2.24, 2.45) is 0 Å². The monoisotopic (exact) mass is 359 g/mol. The first kappa shape index (κ1) is 19.0. The number of hydrogen-bond donors (Lipinski definition) is 1. The fourth-order valence-corrected chi connectivity index (χ4v) is 3.00. The Bertz CT molecular complexity index is 554. The molecule has 0 spiro atoms. The van der Waals surface area contributed by atoms with Gasteiger partial charge >= 0.3 is 6.18 Å². The van der Waals surface area contributed by atoms with Crippen LogP contribution in [-0.4, -0.2) is 47.1 Å². The molecule has 7 heteroatoms. The lowest BCUT2D eigenvalue weighted by atomic mass is 10.1. The van der Waals surface area contributed by atoms with Crippen LogP contribution in [-0.2, 0) is 12.7 Å². The maximum absolute atomic E-state index is 12.8. The molecule has 1 aromatic rings. The van der Waals surface area contributed by atoms with Crippen molar-refractivity contribution in [2.75, 3.05) is 26.2 Å². The third-order valence-corrected chi connectivity index (χ3v) is 4.68. The van der Waals surface area contributed by atoms with Gasteiger partial charge in [0.15, 0.2) is 5.11 Å². The van der Waals surface area contributed by atoms with E-state index in [-0.39, 0.29) is 0 Å². The molecule has 0 saturated carbocycles. The van der Waals surface area contributed by atoms with Crippen LogP contribution in [0.3, 0.4) is 0 Å². The van der Waals surface area contributed by atoms with Crippen molar-refractivity contribution < 1.29 is 13.2 Å². The van der Waals surface area contributed by atoms with Gasteiger partial charge in [-0.25, -0.2) is 0 Å². The second-order valence-electron chi connectivity index (χ2n) is 6.22. The molecule has 134 valence electrons. The summed E-state index contributed by atoms with van der Waals surface area (Å²) < 4.78 is 38.3. The highest BCUT2D eigenvalue weighted by molar-refractivity contribution is 7.80. The Kier molecular flexibility index (Phi) is 6.46. The molecule has 0 radical (unpaired) electrons. The van der Waals surface area contributed by atoms with E-state index in [1.165, 1.54) is 12.1 Å². The van der Waals surface area contributed by atoms with Gasteiger partial charge in [-0.05, 0) is 37.2 Å². The Hall–Kier alpha value is -1.34. The molecule has 1 fully saturated rings. The first-order chi connectivity index (χ1) is 11.3. The average molecular weight is 359 g/mol. The van der Waals surface area contributed by atoms with Crippen LogP contribution in [0.5, 0.6) is 0 Å². The summed E-state index contributed by atoms with van der Waals surface area (Å²) in [4.78, 5) is 4.29. The Balaban J connectivity index is 1.86. The summed E-state index contributed by atoms with van der Waals surface area (Å²) in [6.45, 7) is 7.90. The van der Waals surface area contributed by atoms with Crippen LogP contribution in [0.25, 0.3) is 0 Å². The normalized spacial score (nSPS) is 17.6. The summed E-state index contributed by atoms with van der Waals surface area (Å²) in [7, 11) is 0. The molecule has 1 atom stereocenters. The van der Waals surface area contributed by atoms with E-state index in [1.54, 1.807) is 6.07 Å². The van der Waals surface area contributed by atoms with Crippen molar-refractivity contribution >= 4 is 17.3 Å². The van der Waals surface area contributed by atoms with E-state index in [0.29, 0.717) is 18.2 Å². The lowest BCUT2D eigenvalue weighted by molar-refractivity contribution is -0.137. The highest BCUT2D eigenvalue weighted by Crippen LogP contribution is 2.29. The van der Waals surface area contributed by atoms with Crippen molar-refractivity contribution in [1.82, 2.24) is 15.1 Å². The summed E-state index contributed by atoms with van der Waals surface area (Å²) in [5, 5.41) is 4.07. The molecule has 1 unspecified atom stereocenters. The van der Waals surface area contributed by atoms with Gasteiger partial charge in [0.05, 0.1) is 5.56 Å². The molecule has 1 aromatic carbocycles. The smallest absolute Gasteiger partial charge is 0.360 e. The fraction of sp³-hybridized carbons (Fsp3) is 0.588. The molecule has 3 nitrogen and oxygen atoms in total. The van der Waals surface area contributed by atoms with Gasteiger partial charge in [0.25, 0.3) is 0 Å². The van der Waals surface area contributed by atoms with Gasteiger partial charge in [-0.2, -0.15) is 13.2 Å². The lowest BCUT2D eigenvalue weighted by Gasteiger charge is -2.37. The third kappa shape index (κ3) is 5.34. The molecule has 1 heterocycles. The maximum atomic E-state index is 12.8. The van der Waals surface area contributed by atoms with Gasteiger partial charge < -0.3 is 10.2 Å². The number of rotatable bonds is 4. The number of halogens is 3. The molecule has 1 aliphatic rings. The number of benzene rings is 1. The summed E-state index contributed by atoms with van der Waals surface area (Å²) >= 11 is 5.41. The van der Waals surface area contributed by atoms with E-state index in [4.69, 9.17) is 12.2 Å². The average Bonchev–Trinajstić information content (AvgIpc) is 2.54. The number of nitrogens with zero attached hydrogens (tertiary/aromatic N) is 2. The Labute approximate surface area is 146 Å². The quantitative estimate of drug-likeness (QED) is 0.829. The molecular weight excluding hydrogens is 335 g/mol. The zero-order valence-corrected chi connectivity index (χ0v) is 14.9. The third-order valence-electron chi connectivity index (χ3n) is 4.30. The second kappa shape index (κ2) is 8.16. The lowest BCUT2D eigenvalue weighted by Crippen LogP contribution is -2.52. The van der Waals surface area contributed by atoms with Crippen LogP contribution in [0.15, 0.2) is 24.3 Å². The molecule has 1 aliphatic heterocycles. The minimum atomic E-state index is -4.29. The maximum Gasteiger partial charge on any atom is 0.416 e. The SMILES string of the molecule is CCC(C)NC(=S)N1CCN(Cc2cccc(C(F)(F)F)c2)CC1. The Morgan fingerprint density at radius 3 is 2.50 bits per heavy atom. The number of alkyl halides is 3. The van der Waals surface area contributed by atoms with Crippen LogP contribution in [0.4, 0.5) is 13.2 Å². The van der Waals surface area contributed by atoms with Gasteiger partial charge in [-0.3, -0.25) is 4.90 Å². The molecule has 0 aliphatic carbocycles. The topological polar surface area (TPSA) is 18.5 Å². The highest BCUT2D eigenvalue weighted by atomic mass is 32.1. The predicted octanol–water partition coefficient (Wildman–Crippen LogP) is 3.50. The van der Waals surface area contributed by atoms with Crippen LogP contribution in [0, 0.1) is 0 Å². The number of nitrogens with one attached hydrogen (secondary N) is 1. The van der Waals surface area contributed by atoms with Gasteiger partial charge in [-0.1, -0.05) is 25.1 Å². The standard InChI is InChI=1S/C17H24F3N3S/c1-3-13(2)21-16(24)23-9-7-22(8-10-23)12-14-5-4-6-15(11-14)17(18,19)20/h4-6,11,13H,3,7-10,12H2,1-2H3,(H,21,24). The summed E-state index contributed by atoms with van der Waals surface area (Å²) in [5.41, 5.74) is 0.108.